The van der Waals surface area contributed by atoms with Crippen LogP contribution in [0.2, 0.25) is 0 Å². The largest absolute Gasteiger partial charge is 0.431 e. The monoisotopic (exact) mass is 326 g/mol. The Balaban J connectivity index is 2.33. The van der Waals surface area contributed by atoms with Crippen molar-refractivity contribution in [2.24, 2.45) is 0 Å². The first-order valence-electron chi connectivity index (χ1n) is 7.24. The minimum Gasteiger partial charge on any atom is -0.431 e. The first kappa shape index (κ1) is 17.1. The molecule has 0 fully saturated rings. The summed E-state index contributed by atoms with van der Waals surface area (Å²) in [5.41, 5.74) is -0.313. The van der Waals surface area contributed by atoms with E-state index in [1.807, 2.05) is 6.92 Å². The molecule has 2 aromatic rings. The van der Waals surface area contributed by atoms with E-state index in [2.05, 4.69) is 4.98 Å². The topological polar surface area (TPSA) is 46.3 Å². The molecule has 0 atom stereocenters. The molecular weight excluding hydrogens is 309 g/mol. The first-order chi connectivity index (χ1) is 10.8. The van der Waals surface area contributed by atoms with Crippen LogP contribution in [-0.2, 0) is 6.18 Å². The Morgan fingerprint density at radius 1 is 1.35 bits per heavy atom. The second-order valence-corrected chi connectivity index (χ2v) is 5.16. The molecular formula is C16H17F3N2O2. The van der Waals surface area contributed by atoms with Gasteiger partial charge in [-0.3, -0.25) is 9.69 Å². The van der Waals surface area contributed by atoms with Gasteiger partial charge in [0.2, 0.25) is 0 Å². The lowest BCUT2D eigenvalue weighted by molar-refractivity contribution is -0.137. The predicted molar refractivity (Wildman–Crippen MR) is 79.3 cm³/mol. The van der Waals surface area contributed by atoms with Gasteiger partial charge < -0.3 is 4.42 Å². The van der Waals surface area contributed by atoms with Gasteiger partial charge >= 0.3 is 12.2 Å². The lowest BCUT2D eigenvalue weighted by Crippen LogP contribution is -2.32. The number of benzene rings is 1. The number of rotatable bonds is 5. The van der Waals surface area contributed by atoms with Gasteiger partial charge in [0.05, 0.1) is 11.3 Å². The minimum atomic E-state index is -4.50. The van der Waals surface area contributed by atoms with Crippen LogP contribution in [0.5, 0.6) is 0 Å². The van der Waals surface area contributed by atoms with Gasteiger partial charge in [0.25, 0.3) is 5.91 Å². The summed E-state index contributed by atoms with van der Waals surface area (Å²) < 4.78 is 43.7. The third-order valence-corrected chi connectivity index (χ3v) is 3.26. The Labute approximate surface area is 131 Å². The van der Waals surface area contributed by atoms with Crippen LogP contribution in [0.25, 0.3) is 0 Å². The number of aryl methyl sites for hydroxylation is 1. The van der Waals surface area contributed by atoms with Gasteiger partial charge in [-0.1, -0.05) is 19.4 Å². The van der Waals surface area contributed by atoms with E-state index in [0.29, 0.717) is 18.7 Å². The first-order valence-corrected chi connectivity index (χ1v) is 7.24. The summed E-state index contributed by atoms with van der Waals surface area (Å²) in [4.78, 5) is 18.0. The molecule has 7 heteroatoms. The molecule has 0 aliphatic carbocycles. The Kier molecular flexibility index (Phi) is 5.08. The summed E-state index contributed by atoms with van der Waals surface area (Å²) in [7, 11) is 0. The van der Waals surface area contributed by atoms with Crippen LogP contribution in [0.4, 0.5) is 19.2 Å². The lowest BCUT2D eigenvalue weighted by atomic mass is 10.1. The number of unbranched alkanes of at least 4 members (excludes halogenated alkanes) is 1. The molecule has 0 aliphatic rings. The Bertz CT molecular complexity index is 680. The fraction of sp³-hybridized carbons (Fsp3) is 0.375. The summed E-state index contributed by atoms with van der Waals surface area (Å²) in [6.07, 6.45) is -1.59. The van der Waals surface area contributed by atoms with Crippen LogP contribution in [-0.4, -0.2) is 17.4 Å². The van der Waals surface area contributed by atoms with Gasteiger partial charge in [0.15, 0.2) is 0 Å². The predicted octanol–water partition coefficient (Wildman–Crippen LogP) is 4.45. The molecule has 1 amide bonds. The Morgan fingerprint density at radius 3 is 2.65 bits per heavy atom. The Morgan fingerprint density at radius 2 is 2.09 bits per heavy atom. The van der Waals surface area contributed by atoms with Crippen molar-refractivity contribution in [2.45, 2.75) is 32.9 Å². The normalized spacial score (nSPS) is 11.5. The number of halogens is 3. The fourth-order valence-electron chi connectivity index (χ4n) is 2.05. The van der Waals surface area contributed by atoms with Gasteiger partial charge in [-0.2, -0.15) is 18.2 Å². The number of carbonyl (C=O) groups excluding carboxylic acids is 1. The van der Waals surface area contributed by atoms with E-state index in [0.717, 1.165) is 18.6 Å². The van der Waals surface area contributed by atoms with E-state index in [-0.39, 0.29) is 11.6 Å². The van der Waals surface area contributed by atoms with Crippen molar-refractivity contribution in [1.29, 1.82) is 0 Å². The van der Waals surface area contributed by atoms with Crippen molar-refractivity contribution in [1.82, 2.24) is 4.98 Å². The van der Waals surface area contributed by atoms with Crippen molar-refractivity contribution < 1.29 is 22.4 Å². The van der Waals surface area contributed by atoms with E-state index in [1.165, 1.54) is 23.3 Å². The zero-order valence-corrected chi connectivity index (χ0v) is 12.9. The van der Waals surface area contributed by atoms with Crippen molar-refractivity contribution in [3.63, 3.8) is 0 Å². The highest BCUT2D eigenvalue weighted by Crippen LogP contribution is 2.30. The summed E-state index contributed by atoms with van der Waals surface area (Å²) in [5, 5.41) is 0. The van der Waals surface area contributed by atoms with Crippen LogP contribution in [0.1, 0.15) is 41.4 Å². The second-order valence-electron chi connectivity index (χ2n) is 5.16. The van der Waals surface area contributed by atoms with Gasteiger partial charge in [-0.05, 0) is 31.5 Å². The van der Waals surface area contributed by atoms with Gasteiger partial charge in [0, 0.05) is 12.1 Å². The van der Waals surface area contributed by atoms with E-state index in [9.17, 15) is 18.0 Å². The van der Waals surface area contributed by atoms with Crippen LogP contribution < -0.4 is 4.90 Å². The number of anilines is 1. The van der Waals surface area contributed by atoms with E-state index >= 15 is 0 Å². The average molecular weight is 326 g/mol. The molecule has 0 bridgehead atoms. The van der Waals surface area contributed by atoms with Crippen LogP contribution in [0.15, 0.2) is 34.9 Å². The number of aromatic nitrogens is 1. The molecule has 0 radical (unpaired) electrons. The van der Waals surface area contributed by atoms with Crippen molar-refractivity contribution in [2.75, 3.05) is 11.4 Å². The average Bonchev–Trinajstić information content (AvgIpc) is 2.93. The van der Waals surface area contributed by atoms with Crippen LogP contribution >= 0.6 is 0 Å². The summed E-state index contributed by atoms with van der Waals surface area (Å²) in [6.45, 7) is 3.99. The van der Waals surface area contributed by atoms with Crippen LogP contribution in [0, 0.1) is 6.92 Å². The molecule has 124 valence electrons. The molecule has 2 rings (SSSR count). The molecule has 1 aromatic carbocycles. The van der Waals surface area contributed by atoms with Crippen LogP contribution in [0.3, 0.4) is 0 Å². The van der Waals surface area contributed by atoms with Gasteiger partial charge in [-0.15, -0.1) is 0 Å². The molecule has 23 heavy (non-hydrogen) atoms. The molecule has 0 saturated heterocycles. The second kappa shape index (κ2) is 6.85. The van der Waals surface area contributed by atoms with E-state index in [4.69, 9.17) is 4.42 Å². The molecule has 0 N–H and O–H groups in total. The molecule has 4 nitrogen and oxygen atoms in total. The van der Waals surface area contributed by atoms with E-state index in [1.54, 1.807) is 6.92 Å². The SMILES string of the molecule is CCCCN(C(=O)c1cccc(C(F)(F)F)c1)c1nc(C)co1. The zero-order valence-electron chi connectivity index (χ0n) is 12.9. The van der Waals surface area contributed by atoms with Gasteiger partial charge in [0.1, 0.15) is 6.26 Å². The third kappa shape index (κ3) is 4.12. The molecule has 1 heterocycles. The smallest absolute Gasteiger partial charge is 0.416 e. The fourth-order valence-corrected chi connectivity index (χ4v) is 2.05. The number of oxazole rings is 1. The standard InChI is InChI=1S/C16H17F3N2O2/c1-3-4-8-21(15-20-11(2)10-23-15)14(22)12-6-5-7-13(9-12)16(17,18)19/h5-7,9-10H,3-4,8H2,1-2H3. The number of carbonyl (C=O) groups is 1. The minimum absolute atomic E-state index is 0.0493. The van der Waals surface area contributed by atoms with Gasteiger partial charge in [-0.25, -0.2) is 0 Å². The summed E-state index contributed by atoms with van der Waals surface area (Å²) in [5.74, 6) is -0.564. The third-order valence-electron chi connectivity index (χ3n) is 3.26. The maximum absolute atomic E-state index is 12.8. The maximum atomic E-state index is 12.8. The maximum Gasteiger partial charge on any atom is 0.416 e. The molecule has 0 unspecified atom stereocenters. The van der Waals surface area contributed by atoms with Crippen molar-refractivity contribution in [3.8, 4) is 0 Å². The number of hydrogen-bond acceptors (Lipinski definition) is 3. The number of amides is 1. The summed E-state index contributed by atoms with van der Waals surface area (Å²) >= 11 is 0. The molecule has 0 aliphatic heterocycles. The molecule has 0 spiro atoms. The number of alkyl halides is 3. The van der Waals surface area contributed by atoms with E-state index < -0.39 is 17.6 Å². The highest BCUT2D eigenvalue weighted by atomic mass is 19.4. The van der Waals surface area contributed by atoms with Crippen molar-refractivity contribution >= 4 is 11.9 Å². The van der Waals surface area contributed by atoms with Crippen molar-refractivity contribution in [3.05, 3.63) is 47.3 Å². The highest BCUT2D eigenvalue weighted by Gasteiger charge is 2.31. The zero-order chi connectivity index (χ0) is 17.0. The number of hydrogen-bond donors (Lipinski definition) is 0. The Hall–Kier alpha value is -2.31. The lowest BCUT2D eigenvalue weighted by Gasteiger charge is -2.19. The number of nitrogens with zero attached hydrogens (tertiary/aromatic N) is 2. The highest BCUT2D eigenvalue weighted by molar-refractivity contribution is 6.05. The quantitative estimate of drug-likeness (QED) is 0.815. The molecule has 1 aromatic heterocycles. The summed E-state index contributed by atoms with van der Waals surface area (Å²) in [6, 6.07) is 4.44. The molecule has 0 saturated carbocycles.